The van der Waals surface area contributed by atoms with Gasteiger partial charge in [0.2, 0.25) is 0 Å². The third kappa shape index (κ3) is 3.05. The van der Waals surface area contributed by atoms with E-state index in [1.807, 2.05) is 0 Å². The van der Waals surface area contributed by atoms with E-state index in [0.29, 0.717) is 5.41 Å². The molecule has 0 unspecified atom stereocenters. The highest BCUT2D eigenvalue weighted by Gasteiger charge is 2.38. The number of hydrogen-bond acceptors (Lipinski definition) is 4. The second kappa shape index (κ2) is 5.87. The summed E-state index contributed by atoms with van der Waals surface area (Å²) in [6.45, 7) is 8.11. The van der Waals surface area contributed by atoms with Gasteiger partial charge in [-0.2, -0.15) is 0 Å². The monoisotopic (exact) mass is 287 g/mol. The van der Waals surface area contributed by atoms with Gasteiger partial charge in [-0.05, 0) is 51.2 Å². The minimum Gasteiger partial charge on any atom is -0.317 e. The maximum absolute atomic E-state index is 4.57. The van der Waals surface area contributed by atoms with Crippen LogP contribution in [0.2, 0.25) is 0 Å². The van der Waals surface area contributed by atoms with Crippen LogP contribution < -0.4 is 5.32 Å². The molecule has 3 heterocycles. The van der Waals surface area contributed by atoms with Crippen LogP contribution in [0.4, 0.5) is 0 Å². The zero-order valence-corrected chi connectivity index (χ0v) is 12.6. The lowest BCUT2D eigenvalue weighted by atomic mass is 9.78. The number of hydrogen-bond donors (Lipinski definition) is 1. The number of aryl methyl sites for hydroxylation is 1. The van der Waals surface area contributed by atoms with Crippen molar-refractivity contribution in [2.24, 2.45) is 5.41 Å². The van der Waals surface area contributed by atoms with Crippen molar-refractivity contribution in [1.82, 2.24) is 15.2 Å². The number of piperidine rings is 1. The van der Waals surface area contributed by atoms with Crippen LogP contribution >= 0.6 is 23.7 Å². The molecule has 0 bridgehead atoms. The van der Waals surface area contributed by atoms with E-state index in [4.69, 9.17) is 0 Å². The van der Waals surface area contributed by atoms with Crippen LogP contribution in [-0.2, 0) is 6.54 Å². The molecule has 1 spiro atoms. The van der Waals surface area contributed by atoms with Gasteiger partial charge in [0.15, 0.2) is 0 Å². The number of rotatable bonds is 2. The van der Waals surface area contributed by atoms with Gasteiger partial charge in [0.25, 0.3) is 0 Å². The van der Waals surface area contributed by atoms with Gasteiger partial charge in [0, 0.05) is 18.5 Å². The second-order valence-electron chi connectivity index (χ2n) is 5.57. The van der Waals surface area contributed by atoms with E-state index in [2.05, 4.69) is 27.5 Å². The lowest BCUT2D eigenvalue weighted by Gasteiger charge is -2.33. The molecule has 2 aliphatic heterocycles. The van der Waals surface area contributed by atoms with E-state index >= 15 is 0 Å². The first-order valence-corrected chi connectivity index (χ1v) is 7.48. The molecule has 0 amide bonds. The number of halogens is 1. The third-order valence-corrected chi connectivity index (χ3v) is 5.06. The van der Waals surface area contributed by atoms with Crippen LogP contribution in [0.15, 0.2) is 5.38 Å². The molecule has 2 fully saturated rings. The molecule has 0 aliphatic carbocycles. The number of likely N-dealkylation sites (tertiary alicyclic amines) is 1. The average Bonchev–Trinajstić information content (AvgIpc) is 2.89. The first kappa shape index (κ1) is 14.3. The number of nitrogens with zero attached hydrogens (tertiary/aromatic N) is 2. The molecule has 0 saturated carbocycles. The summed E-state index contributed by atoms with van der Waals surface area (Å²) in [5, 5.41) is 6.88. The van der Waals surface area contributed by atoms with Gasteiger partial charge in [0.1, 0.15) is 0 Å². The Bertz CT molecular complexity index is 387. The largest absolute Gasteiger partial charge is 0.317 e. The molecule has 18 heavy (non-hydrogen) atoms. The maximum atomic E-state index is 4.57. The fourth-order valence-electron chi connectivity index (χ4n) is 3.24. The minimum absolute atomic E-state index is 0. The Morgan fingerprint density at radius 3 is 2.83 bits per heavy atom. The van der Waals surface area contributed by atoms with Crippen molar-refractivity contribution in [2.75, 3.05) is 26.2 Å². The normalized spacial score (nSPS) is 23.2. The summed E-state index contributed by atoms with van der Waals surface area (Å²) in [5.41, 5.74) is 1.88. The van der Waals surface area contributed by atoms with E-state index in [0.717, 1.165) is 6.54 Å². The Hall–Kier alpha value is -0.160. The minimum atomic E-state index is 0. The Kier molecular flexibility index (Phi) is 4.64. The molecule has 1 aromatic heterocycles. The summed E-state index contributed by atoms with van der Waals surface area (Å²) in [5.74, 6) is 0. The molecule has 1 N–H and O–H groups in total. The molecule has 3 nitrogen and oxygen atoms in total. The summed E-state index contributed by atoms with van der Waals surface area (Å²) in [6.07, 6.45) is 4.11. The molecule has 1 aromatic rings. The van der Waals surface area contributed by atoms with Gasteiger partial charge >= 0.3 is 0 Å². The second-order valence-corrected chi connectivity index (χ2v) is 6.63. The number of thiazole rings is 1. The summed E-state index contributed by atoms with van der Waals surface area (Å²) in [6, 6.07) is 0. The van der Waals surface area contributed by atoms with E-state index < -0.39 is 0 Å². The molecule has 3 rings (SSSR count). The van der Waals surface area contributed by atoms with E-state index in [1.165, 1.54) is 56.1 Å². The highest BCUT2D eigenvalue weighted by Crippen LogP contribution is 2.38. The molecule has 2 aliphatic rings. The standard InChI is InChI=1S/C13H21N3S.ClH/c1-11-15-12(9-17-11)8-16-7-4-13(10-16)2-5-14-6-3-13;/h9,14H,2-8,10H2,1H3;1H. The van der Waals surface area contributed by atoms with E-state index in [-0.39, 0.29) is 12.4 Å². The van der Waals surface area contributed by atoms with Gasteiger partial charge in [-0.1, -0.05) is 0 Å². The smallest absolute Gasteiger partial charge is 0.0897 e. The molecule has 0 radical (unpaired) electrons. The van der Waals surface area contributed by atoms with Crippen molar-refractivity contribution in [2.45, 2.75) is 32.7 Å². The first-order valence-electron chi connectivity index (χ1n) is 6.60. The first-order chi connectivity index (χ1) is 8.26. The highest BCUT2D eigenvalue weighted by atomic mass is 35.5. The fraction of sp³-hybridized carbons (Fsp3) is 0.769. The molecule has 0 aromatic carbocycles. The van der Waals surface area contributed by atoms with E-state index in [9.17, 15) is 0 Å². The predicted molar refractivity (Wildman–Crippen MR) is 78.5 cm³/mol. The third-order valence-electron chi connectivity index (χ3n) is 4.23. The van der Waals surface area contributed by atoms with Crippen LogP contribution in [0, 0.1) is 12.3 Å². The fourth-order valence-corrected chi connectivity index (χ4v) is 3.84. The predicted octanol–water partition coefficient (Wildman–Crippen LogP) is 2.45. The Morgan fingerprint density at radius 2 is 2.17 bits per heavy atom. The van der Waals surface area contributed by atoms with Gasteiger partial charge < -0.3 is 5.32 Å². The van der Waals surface area contributed by atoms with Gasteiger partial charge in [0.05, 0.1) is 10.7 Å². The van der Waals surface area contributed by atoms with Crippen molar-refractivity contribution in [3.05, 3.63) is 16.1 Å². The zero-order chi connectivity index (χ0) is 11.7. The Morgan fingerprint density at radius 1 is 1.39 bits per heavy atom. The number of nitrogens with one attached hydrogen (secondary N) is 1. The topological polar surface area (TPSA) is 28.2 Å². The van der Waals surface area contributed by atoms with Crippen LogP contribution in [-0.4, -0.2) is 36.1 Å². The highest BCUT2D eigenvalue weighted by molar-refractivity contribution is 7.09. The molecular formula is C13H22ClN3S. The molecule has 2 saturated heterocycles. The molecular weight excluding hydrogens is 266 g/mol. The maximum Gasteiger partial charge on any atom is 0.0897 e. The Labute approximate surface area is 119 Å². The molecule has 5 heteroatoms. The number of aromatic nitrogens is 1. The van der Waals surface area contributed by atoms with Crippen LogP contribution in [0.3, 0.4) is 0 Å². The Balaban J connectivity index is 0.00000120. The van der Waals surface area contributed by atoms with Crippen molar-refractivity contribution in [3.8, 4) is 0 Å². The van der Waals surface area contributed by atoms with Gasteiger partial charge in [-0.3, -0.25) is 4.90 Å². The van der Waals surface area contributed by atoms with Crippen LogP contribution in [0.1, 0.15) is 30.0 Å². The summed E-state index contributed by atoms with van der Waals surface area (Å²) in [4.78, 5) is 7.17. The van der Waals surface area contributed by atoms with Crippen molar-refractivity contribution < 1.29 is 0 Å². The van der Waals surface area contributed by atoms with E-state index in [1.54, 1.807) is 11.3 Å². The van der Waals surface area contributed by atoms with Crippen LogP contribution in [0.25, 0.3) is 0 Å². The van der Waals surface area contributed by atoms with Crippen LogP contribution in [0.5, 0.6) is 0 Å². The quantitative estimate of drug-likeness (QED) is 0.906. The van der Waals surface area contributed by atoms with Crippen molar-refractivity contribution >= 4 is 23.7 Å². The summed E-state index contributed by atoms with van der Waals surface area (Å²) in [7, 11) is 0. The van der Waals surface area contributed by atoms with Gasteiger partial charge in [-0.15, -0.1) is 23.7 Å². The summed E-state index contributed by atoms with van der Waals surface area (Å²) >= 11 is 1.77. The lowest BCUT2D eigenvalue weighted by Crippen LogP contribution is -2.38. The summed E-state index contributed by atoms with van der Waals surface area (Å²) < 4.78 is 0. The van der Waals surface area contributed by atoms with Crippen molar-refractivity contribution in [1.29, 1.82) is 0 Å². The molecule has 0 atom stereocenters. The molecule has 102 valence electrons. The average molecular weight is 288 g/mol. The SMILES string of the molecule is Cc1nc(CN2CCC3(CCNCC3)C2)cs1.Cl. The zero-order valence-electron chi connectivity index (χ0n) is 10.9. The van der Waals surface area contributed by atoms with Gasteiger partial charge in [-0.25, -0.2) is 4.98 Å². The lowest BCUT2D eigenvalue weighted by molar-refractivity contribution is 0.193. The van der Waals surface area contributed by atoms with Crippen molar-refractivity contribution in [3.63, 3.8) is 0 Å².